The Bertz CT molecular complexity index is 248. The van der Waals surface area contributed by atoms with Crippen LogP contribution in [-0.4, -0.2) is 59.1 Å². The molecule has 1 saturated heterocycles. The van der Waals surface area contributed by atoms with Gasteiger partial charge in [0.15, 0.2) is 0 Å². The van der Waals surface area contributed by atoms with E-state index in [1.807, 2.05) is 11.8 Å². The van der Waals surface area contributed by atoms with Crippen molar-refractivity contribution >= 4 is 5.97 Å². The number of aliphatic carboxylic acids is 1. The first-order chi connectivity index (χ1) is 7.98. The number of nitrogens with zero attached hydrogens (tertiary/aromatic N) is 2. The van der Waals surface area contributed by atoms with Crippen molar-refractivity contribution in [1.29, 1.82) is 0 Å². The van der Waals surface area contributed by atoms with Crippen LogP contribution in [0.1, 0.15) is 40.0 Å². The lowest BCUT2D eigenvalue weighted by atomic mass is 10.0. The molecule has 0 unspecified atom stereocenters. The largest absolute Gasteiger partial charge is 0.480 e. The quantitative estimate of drug-likeness (QED) is 0.737. The van der Waals surface area contributed by atoms with E-state index in [4.69, 9.17) is 0 Å². The highest BCUT2D eigenvalue weighted by Gasteiger charge is 2.33. The molecular formula is C13H26N2O2. The molecule has 0 aromatic heterocycles. The molecule has 0 aromatic rings. The average Bonchev–Trinajstić information content (AvgIpc) is 2.76. The van der Waals surface area contributed by atoms with Gasteiger partial charge in [-0.15, -0.1) is 0 Å². The highest BCUT2D eigenvalue weighted by atomic mass is 16.4. The van der Waals surface area contributed by atoms with Crippen LogP contribution in [0.2, 0.25) is 0 Å². The summed E-state index contributed by atoms with van der Waals surface area (Å²) in [6.07, 6.45) is 3.70. The molecule has 17 heavy (non-hydrogen) atoms. The maximum atomic E-state index is 11.2. The summed E-state index contributed by atoms with van der Waals surface area (Å²) in [7, 11) is 0. The van der Waals surface area contributed by atoms with Crippen molar-refractivity contribution in [3.05, 3.63) is 0 Å². The van der Waals surface area contributed by atoms with Crippen LogP contribution >= 0.6 is 0 Å². The van der Waals surface area contributed by atoms with E-state index < -0.39 is 11.5 Å². The maximum absolute atomic E-state index is 11.2. The lowest BCUT2D eigenvalue weighted by Crippen LogP contribution is -2.50. The van der Waals surface area contributed by atoms with Crippen molar-refractivity contribution < 1.29 is 9.90 Å². The van der Waals surface area contributed by atoms with E-state index in [1.54, 1.807) is 13.8 Å². The van der Waals surface area contributed by atoms with Crippen molar-refractivity contribution in [3.8, 4) is 0 Å². The van der Waals surface area contributed by atoms with E-state index >= 15 is 0 Å². The van der Waals surface area contributed by atoms with Gasteiger partial charge in [-0.05, 0) is 59.3 Å². The molecule has 1 heterocycles. The summed E-state index contributed by atoms with van der Waals surface area (Å²) in [4.78, 5) is 15.7. The molecule has 0 spiro atoms. The zero-order chi connectivity index (χ0) is 12.9. The Hall–Kier alpha value is -0.610. The molecule has 4 heteroatoms. The third-order valence-electron chi connectivity index (χ3n) is 3.80. The monoisotopic (exact) mass is 242 g/mol. The third kappa shape index (κ3) is 3.96. The second-order valence-electron chi connectivity index (χ2n) is 5.35. The first-order valence-electron chi connectivity index (χ1n) is 6.69. The molecule has 1 rings (SSSR count). The summed E-state index contributed by atoms with van der Waals surface area (Å²) in [5.74, 6) is -0.736. The van der Waals surface area contributed by atoms with Crippen LogP contribution in [0, 0.1) is 0 Å². The van der Waals surface area contributed by atoms with E-state index in [9.17, 15) is 9.90 Å². The zero-order valence-corrected chi connectivity index (χ0v) is 11.4. The van der Waals surface area contributed by atoms with E-state index in [2.05, 4.69) is 4.90 Å². The molecular weight excluding hydrogens is 216 g/mol. The summed E-state index contributed by atoms with van der Waals surface area (Å²) >= 11 is 0. The first kappa shape index (κ1) is 14.5. The van der Waals surface area contributed by atoms with E-state index in [-0.39, 0.29) is 0 Å². The number of hydrogen-bond donors (Lipinski definition) is 1. The summed E-state index contributed by atoms with van der Waals surface area (Å²) in [5, 5.41) is 9.20. The topological polar surface area (TPSA) is 43.8 Å². The van der Waals surface area contributed by atoms with Crippen molar-refractivity contribution in [2.45, 2.75) is 45.6 Å². The van der Waals surface area contributed by atoms with Gasteiger partial charge in [0.1, 0.15) is 5.54 Å². The third-order valence-corrected chi connectivity index (χ3v) is 3.80. The van der Waals surface area contributed by atoms with Crippen molar-refractivity contribution in [3.63, 3.8) is 0 Å². The molecule has 100 valence electrons. The smallest absolute Gasteiger partial charge is 0.323 e. The van der Waals surface area contributed by atoms with Crippen molar-refractivity contribution in [1.82, 2.24) is 9.80 Å². The Morgan fingerprint density at radius 3 is 2.41 bits per heavy atom. The Labute approximate surface area is 105 Å². The van der Waals surface area contributed by atoms with Crippen LogP contribution < -0.4 is 0 Å². The highest BCUT2D eigenvalue weighted by Crippen LogP contribution is 2.15. The predicted molar refractivity (Wildman–Crippen MR) is 69.3 cm³/mol. The summed E-state index contributed by atoms with van der Waals surface area (Å²) < 4.78 is 0. The Morgan fingerprint density at radius 1 is 1.35 bits per heavy atom. The minimum absolute atomic E-state index is 0.736. The fourth-order valence-corrected chi connectivity index (χ4v) is 2.46. The minimum atomic E-state index is -0.750. The fraction of sp³-hybridized carbons (Fsp3) is 0.923. The second-order valence-corrected chi connectivity index (χ2v) is 5.35. The molecule has 1 aliphatic heterocycles. The van der Waals surface area contributed by atoms with Crippen LogP contribution in [0.3, 0.4) is 0 Å². The number of likely N-dealkylation sites (tertiary alicyclic amines) is 1. The van der Waals surface area contributed by atoms with Crippen LogP contribution in [0.5, 0.6) is 0 Å². The molecule has 0 bridgehead atoms. The van der Waals surface area contributed by atoms with Gasteiger partial charge in [-0.2, -0.15) is 0 Å². The van der Waals surface area contributed by atoms with Gasteiger partial charge in [0, 0.05) is 6.54 Å². The number of likely N-dealkylation sites (N-methyl/N-ethyl adjacent to an activating group) is 1. The lowest BCUT2D eigenvalue weighted by molar-refractivity contribution is -0.149. The molecule has 1 aliphatic rings. The second kappa shape index (κ2) is 6.36. The normalized spacial score (nSPS) is 17.9. The molecule has 1 N–H and O–H groups in total. The Balaban J connectivity index is 2.33. The number of carboxylic acids is 1. The number of rotatable bonds is 7. The SMILES string of the molecule is CCN(CCCN1CCCC1)C(C)(C)C(=O)O. The minimum Gasteiger partial charge on any atom is -0.480 e. The predicted octanol–water partition coefficient (Wildman–Crippen LogP) is 1.66. The summed E-state index contributed by atoms with van der Waals surface area (Å²) in [6, 6.07) is 0. The molecule has 0 radical (unpaired) electrons. The van der Waals surface area contributed by atoms with Crippen LogP contribution in [-0.2, 0) is 4.79 Å². The van der Waals surface area contributed by atoms with E-state index in [0.717, 1.165) is 26.1 Å². The van der Waals surface area contributed by atoms with Crippen molar-refractivity contribution in [2.75, 3.05) is 32.7 Å². The first-order valence-corrected chi connectivity index (χ1v) is 6.69. The van der Waals surface area contributed by atoms with Crippen LogP contribution in [0.25, 0.3) is 0 Å². The van der Waals surface area contributed by atoms with Gasteiger partial charge in [-0.25, -0.2) is 0 Å². The molecule has 0 atom stereocenters. The Kier molecular flexibility index (Phi) is 5.40. The zero-order valence-electron chi connectivity index (χ0n) is 11.4. The number of carboxylic acid groups (broad SMARTS) is 1. The van der Waals surface area contributed by atoms with Gasteiger partial charge < -0.3 is 10.0 Å². The van der Waals surface area contributed by atoms with E-state index in [1.165, 1.54) is 25.9 Å². The van der Waals surface area contributed by atoms with Crippen LogP contribution in [0.4, 0.5) is 0 Å². The molecule has 1 fully saturated rings. The Morgan fingerprint density at radius 2 is 1.94 bits per heavy atom. The molecule has 4 nitrogen and oxygen atoms in total. The van der Waals surface area contributed by atoms with E-state index in [0.29, 0.717) is 0 Å². The molecule has 0 aliphatic carbocycles. The van der Waals surface area contributed by atoms with Gasteiger partial charge in [-0.1, -0.05) is 6.92 Å². The fourth-order valence-electron chi connectivity index (χ4n) is 2.46. The summed E-state index contributed by atoms with van der Waals surface area (Å²) in [6.45, 7) is 10.8. The average molecular weight is 242 g/mol. The molecule has 0 amide bonds. The van der Waals surface area contributed by atoms with Gasteiger partial charge in [-0.3, -0.25) is 9.69 Å². The standard InChI is InChI=1S/C13H26N2O2/c1-4-15(13(2,3)12(16)17)11-7-10-14-8-5-6-9-14/h4-11H2,1-3H3,(H,16,17). The van der Waals surface area contributed by atoms with Gasteiger partial charge in [0.25, 0.3) is 0 Å². The number of carbonyl (C=O) groups is 1. The van der Waals surface area contributed by atoms with Crippen LogP contribution in [0.15, 0.2) is 0 Å². The highest BCUT2D eigenvalue weighted by molar-refractivity contribution is 5.77. The lowest BCUT2D eigenvalue weighted by Gasteiger charge is -2.34. The van der Waals surface area contributed by atoms with Gasteiger partial charge >= 0.3 is 5.97 Å². The van der Waals surface area contributed by atoms with Crippen molar-refractivity contribution in [2.24, 2.45) is 0 Å². The molecule has 0 saturated carbocycles. The maximum Gasteiger partial charge on any atom is 0.323 e. The number of hydrogen-bond acceptors (Lipinski definition) is 3. The molecule has 0 aromatic carbocycles. The van der Waals surface area contributed by atoms with Gasteiger partial charge in [0.2, 0.25) is 0 Å². The summed E-state index contributed by atoms with van der Waals surface area (Å²) in [5.41, 5.74) is -0.750. The van der Waals surface area contributed by atoms with Gasteiger partial charge in [0.05, 0.1) is 0 Å².